The molecule has 1 aromatic rings. The standard InChI is InChI=1S/C15H21Cl2NS/c1-2-7-18-14(15-4-3-8-19-15)9-11-5-6-12(16)10-13(11)17/h5-6,10,14-15,18H,2-4,7-9H2,1H3. The number of halogens is 2. The Morgan fingerprint density at radius 2 is 2.26 bits per heavy atom. The molecule has 0 saturated carbocycles. The van der Waals surface area contributed by atoms with Crippen molar-refractivity contribution in [3.63, 3.8) is 0 Å². The summed E-state index contributed by atoms with van der Waals surface area (Å²) < 4.78 is 0. The van der Waals surface area contributed by atoms with Gasteiger partial charge in [0.25, 0.3) is 0 Å². The highest BCUT2D eigenvalue weighted by molar-refractivity contribution is 8.00. The van der Waals surface area contributed by atoms with E-state index in [0.717, 1.165) is 23.2 Å². The second kappa shape index (κ2) is 7.78. The second-order valence-electron chi connectivity index (χ2n) is 5.05. The quantitative estimate of drug-likeness (QED) is 0.808. The Balaban J connectivity index is 2.05. The molecule has 2 unspecified atom stereocenters. The van der Waals surface area contributed by atoms with Gasteiger partial charge >= 0.3 is 0 Å². The summed E-state index contributed by atoms with van der Waals surface area (Å²) in [7, 11) is 0. The first-order valence-corrected chi connectivity index (χ1v) is 8.80. The van der Waals surface area contributed by atoms with Crippen LogP contribution in [0.4, 0.5) is 0 Å². The highest BCUT2D eigenvalue weighted by atomic mass is 35.5. The molecule has 0 amide bonds. The summed E-state index contributed by atoms with van der Waals surface area (Å²) >= 11 is 14.4. The minimum absolute atomic E-state index is 0.520. The van der Waals surface area contributed by atoms with Crippen LogP contribution in [0.15, 0.2) is 18.2 Å². The lowest BCUT2D eigenvalue weighted by Crippen LogP contribution is -2.39. The fraction of sp³-hybridized carbons (Fsp3) is 0.600. The van der Waals surface area contributed by atoms with Gasteiger partial charge in [0.2, 0.25) is 0 Å². The summed E-state index contributed by atoms with van der Waals surface area (Å²) in [4.78, 5) is 0. The van der Waals surface area contributed by atoms with Gasteiger partial charge < -0.3 is 5.32 Å². The molecule has 1 aromatic carbocycles. The van der Waals surface area contributed by atoms with Gasteiger partial charge in [-0.3, -0.25) is 0 Å². The van der Waals surface area contributed by atoms with Crippen LogP contribution in [0.1, 0.15) is 31.7 Å². The Morgan fingerprint density at radius 3 is 2.89 bits per heavy atom. The summed E-state index contributed by atoms with van der Waals surface area (Å²) in [5, 5.41) is 5.91. The van der Waals surface area contributed by atoms with Crippen molar-refractivity contribution in [3.05, 3.63) is 33.8 Å². The Kier molecular flexibility index (Phi) is 6.34. The van der Waals surface area contributed by atoms with E-state index < -0.39 is 0 Å². The topological polar surface area (TPSA) is 12.0 Å². The summed E-state index contributed by atoms with van der Waals surface area (Å²) in [6, 6.07) is 6.36. The van der Waals surface area contributed by atoms with E-state index in [4.69, 9.17) is 23.2 Å². The molecule has 2 rings (SSSR count). The first-order chi connectivity index (χ1) is 9.20. The highest BCUT2D eigenvalue weighted by Crippen LogP contribution is 2.31. The van der Waals surface area contributed by atoms with Crippen LogP contribution >= 0.6 is 35.0 Å². The van der Waals surface area contributed by atoms with Crippen LogP contribution < -0.4 is 5.32 Å². The average Bonchev–Trinajstić information content (AvgIpc) is 2.90. The summed E-state index contributed by atoms with van der Waals surface area (Å²) in [6.45, 7) is 3.29. The van der Waals surface area contributed by atoms with Gasteiger partial charge in [-0.25, -0.2) is 0 Å². The molecule has 106 valence electrons. The molecule has 1 heterocycles. The number of rotatable bonds is 6. The summed E-state index contributed by atoms with van der Waals surface area (Å²) in [5.74, 6) is 1.29. The maximum absolute atomic E-state index is 6.30. The van der Waals surface area contributed by atoms with Crippen molar-refractivity contribution in [1.29, 1.82) is 0 Å². The van der Waals surface area contributed by atoms with Gasteiger partial charge in [0.05, 0.1) is 0 Å². The van der Waals surface area contributed by atoms with Crippen LogP contribution in [0.5, 0.6) is 0 Å². The lowest BCUT2D eigenvalue weighted by molar-refractivity contribution is 0.482. The third-order valence-corrected chi connectivity index (χ3v) is 5.63. The monoisotopic (exact) mass is 317 g/mol. The van der Waals surface area contributed by atoms with Crippen molar-refractivity contribution in [2.75, 3.05) is 12.3 Å². The van der Waals surface area contributed by atoms with E-state index >= 15 is 0 Å². The maximum atomic E-state index is 6.30. The Labute approximate surface area is 130 Å². The first kappa shape index (κ1) is 15.5. The van der Waals surface area contributed by atoms with E-state index in [1.807, 2.05) is 12.1 Å². The molecule has 1 aliphatic heterocycles. The van der Waals surface area contributed by atoms with Crippen LogP contribution in [0, 0.1) is 0 Å². The Morgan fingerprint density at radius 1 is 1.42 bits per heavy atom. The summed E-state index contributed by atoms with van der Waals surface area (Å²) in [5.41, 5.74) is 1.20. The minimum atomic E-state index is 0.520. The van der Waals surface area contributed by atoms with Crippen molar-refractivity contribution in [3.8, 4) is 0 Å². The molecule has 1 N–H and O–H groups in total. The number of hydrogen-bond acceptors (Lipinski definition) is 2. The number of nitrogens with one attached hydrogen (secondary N) is 1. The molecule has 2 atom stereocenters. The molecule has 1 nitrogen and oxygen atoms in total. The van der Waals surface area contributed by atoms with Crippen molar-refractivity contribution in [1.82, 2.24) is 5.32 Å². The molecule has 4 heteroatoms. The van der Waals surface area contributed by atoms with Crippen LogP contribution in [0.3, 0.4) is 0 Å². The molecule has 19 heavy (non-hydrogen) atoms. The van der Waals surface area contributed by atoms with E-state index in [1.165, 1.54) is 30.6 Å². The van der Waals surface area contributed by atoms with Crippen LogP contribution in [0.25, 0.3) is 0 Å². The van der Waals surface area contributed by atoms with Crippen LogP contribution in [0.2, 0.25) is 10.0 Å². The van der Waals surface area contributed by atoms with Crippen molar-refractivity contribution in [2.24, 2.45) is 0 Å². The lowest BCUT2D eigenvalue weighted by atomic mass is 10.0. The smallest absolute Gasteiger partial charge is 0.0453 e. The Hall–Kier alpha value is 0.110. The molecule has 0 aromatic heterocycles. The third kappa shape index (κ3) is 4.56. The fourth-order valence-electron chi connectivity index (χ4n) is 2.51. The van der Waals surface area contributed by atoms with Gasteiger partial charge in [-0.1, -0.05) is 36.2 Å². The predicted molar refractivity (Wildman–Crippen MR) is 87.7 cm³/mol. The number of thioether (sulfide) groups is 1. The fourth-order valence-corrected chi connectivity index (χ4v) is 4.39. The SMILES string of the molecule is CCCNC(Cc1ccc(Cl)cc1Cl)C1CCCS1. The zero-order valence-corrected chi connectivity index (χ0v) is 13.6. The molecule has 0 aliphatic carbocycles. The normalized spacial score (nSPS) is 20.7. The van der Waals surface area contributed by atoms with E-state index in [1.54, 1.807) is 0 Å². The molecule has 0 radical (unpaired) electrons. The molecule has 1 saturated heterocycles. The molecule has 1 fully saturated rings. The zero-order valence-electron chi connectivity index (χ0n) is 11.3. The maximum Gasteiger partial charge on any atom is 0.0453 e. The highest BCUT2D eigenvalue weighted by Gasteiger charge is 2.25. The van der Waals surface area contributed by atoms with Crippen LogP contribution in [-0.2, 0) is 6.42 Å². The third-order valence-electron chi connectivity index (χ3n) is 3.53. The first-order valence-electron chi connectivity index (χ1n) is 6.99. The van der Waals surface area contributed by atoms with Gasteiger partial charge in [-0.2, -0.15) is 11.8 Å². The van der Waals surface area contributed by atoms with E-state index in [-0.39, 0.29) is 0 Å². The van der Waals surface area contributed by atoms with Gasteiger partial charge in [-0.15, -0.1) is 0 Å². The Bertz CT molecular complexity index is 405. The van der Waals surface area contributed by atoms with Crippen LogP contribution in [-0.4, -0.2) is 23.6 Å². The number of hydrogen-bond donors (Lipinski definition) is 1. The van der Waals surface area contributed by atoms with E-state index in [2.05, 4.69) is 30.1 Å². The largest absolute Gasteiger partial charge is 0.313 e. The lowest BCUT2D eigenvalue weighted by Gasteiger charge is -2.24. The van der Waals surface area contributed by atoms with Gasteiger partial charge in [-0.05, 0) is 55.7 Å². The van der Waals surface area contributed by atoms with E-state index in [9.17, 15) is 0 Å². The van der Waals surface area contributed by atoms with Gasteiger partial charge in [0.15, 0.2) is 0 Å². The predicted octanol–water partition coefficient (Wildman–Crippen LogP) is 4.80. The van der Waals surface area contributed by atoms with Crippen molar-refractivity contribution in [2.45, 2.75) is 43.9 Å². The molecule has 0 bridgehead atoms. The second-order valence-corrected chi connectivity index (χ2v) is 7.24. The van der Waals surface area contributed by atoms with Gasteiger partial charge in [0.1, 0.15) is 0 Å². The average molecular weight is 318 g/mol. The molecule has 0 spiro atoms. The van der Waals surface area contributed by atoms with Gasteiger partial charge in [0, 0.05) is 21.3 Å². The zero-order chi connectivity index (χ0) is 13.7. The molecular formula is C15H21Cl2NS. The van der Waals surface area contributed by atoms with Crippen molar-refractivity contribution >= 4 is 35.0 Å². The minimum Gasteiger partial charge on any atom is -0.313 e. The summed E-state index contributed by atoms with van der Waals surface area (Å²) in [6.07, 6.45) is 4.82. The van der Waals surface area contributed by atoms with Crippen molar-refractivity contribution < 1.29 is 0 Å². The number of benzene rings is 1. The molecule has 1 aliphatic rings. The molecular weight excluding hydrogens is 297 g/mol. The van der Waals surface area contributed by atoms with E-state index in [0.29, 0.717) is 11.1 Å².